The Morgan fingerprint density at radius 2 is 2.04 bits per heavy atom. The molecule has 0 saturated heterocycles. The molecular formula is C17H29IN4S. The first-order valence-corrected chi connectivity index (χ1v) is 9.44. The molecule has 3 rings (SSSR count). The van der Waals surface area contributed by atoms with Crippen LogP contribution in [0.3, 0.4) is 0 Å². The minimum absolute atomic E-state index is 0. The average Bonchev–Trinajstić information content (AvgIpc) is 2.96. The fourth-order valence-electron chi connectivity index (χ4n) is 4.05. The van der Waals surface area contributed by atoms with Crippen molar-refractivity contribution in [3.05, 3.63) is 16.1 Å². The Hall–Kier alpha value is -0.370. The predicted molar refractivity (Wildman–Crippen MR) is 109 cm³/mol. The van der Waals surface area contributed by atoms with E-state index >= 15 is 0 Å². The summed E-state index contributed by atoms with van der Waals surface area (Å²) in [5, 5.41) is 8.19. The fourth-order valence-corrected chi connectivity index (χ4v) is 4.78. The van der Waals surface area contributed by atoms with Gasteiger partial charge in [0.25, 0.3) is 0 Å². The number of halogens is 1. The van der Waals surface area contributed by atoms with E-state index in [4.69, 9.17) is 0 Å². The van der Waals surface area contributed by atoms with Crippen molar-refractivity contribution in [1.29, 1.82) is 0 Å². The maximum absolute atomic E-state index is 4.39. The van der Waals surface area contributed by atoms with Crippen LogP contribution >= 0.6 is 35.3 Å². The number of hydrogen-bond acceptors (Lipinski definition) is 3. The summed E-state index contributed by atoms with van der Waals surface area (Å²) in [6.45, 7) is 2.85. The highest BCUT2D eigenvalue weighted by atomic mass is 127. The van der Waals surface area contributed by atoms with Crippen molar-refractivity contribution < 1.29 is 0 Å². The Kier molecular flexibility index (Phi) is 7.59. The lowest BCUT2D eigenvalue weighted by atomic mass is 9.69. The van der Waals surface area contributed by atoms with Gasteiger partial charge in [-0.05, 0) is 38.0 Å². The molecule has 0 spiro atoms. The van der Waals surface area contributed by atoms with Crippen LogP contribution in [0.1, 0.15) is 54.8 Å². The average molecular weight is 448 g/mol. The van der Waals surface area contributed by atoms with Gasteiger partial charge >= 0.3 is 0 Å². The zero-order valence-electron chi connectivity index (χ0n) is 14.2. The fraction of sp³-hybridized carbons (Fsp3) is 0.765. The van der Waals surface area contributed by atoms with Crippen LogP contribution in [0.15, 0.2) is 11.2 Å². The Morgan fingerprint density at radius 1 is 1.26 bits per heavy atom. The van der Waals surface area contributed by atoms with Crippen molar-refractivity contribution in [2.24, 2.45) is 16.8 Å². The first-order valence-electron chi connectivity index (χ1n) is 8.63. The second-order valence-electron chi connectivity index (χ2n) is 6.73. The van der Waals surface area contributed by atoms with E-state index in [1.807, 2.05) is 20.2 Å². The molecular weight excluding hydrogens is 419 g/mol. The summed E-state index contributed by atoms with van der Waals surface area (Å²) in [6.07, 6.45) is 11.8. The summed E-state index contributed by atoms with van der Waals surface area (Å²) in [4.78, 5) is 9.95. The Balaban J connectivity index is 0.00000192. The number of nitrogens with zero attached hydrogens (tertiary/aromatic N) is 2. The van der Waals surface area contributed by atoms with E-state index in [0.29, 0.717) is 6.04 Å². The summed E-state index contributed by atoms with van der Waals surface area (Å²) in [5.74, 6) is 2.88. The molecule has 0 aromatic carbocycles. The maximum Gasteiger partial charge on any atom is 0.191 e. The van der Waals surface area contributed by atoms with Gasteiger partial charge in [-0.1, -0.05) is 25.7 Å². The quantitative estimate of drug-likeness (QED) is 0.416. The predicted octanol–water partition coefficient (Wildman–Crippen LogP) is 4.09. The molecule has 2 fully saturated rings. The highest BCUT2D eigenvalue weighted by Gasteiger charge is 2.32. The van der Waals surface area contributed by atoms with E-state index in [0.717, 1.165) is 29.3 Å². The third-order valence-corrected chi connectivity index (χ3v) is 6.12. The van der Waals surface area contributed by atoms with Crippen LogP contribution in [0, 0.1) is 18.8 Å². The second kappa shape index (κ2) is 9.20. The third kappa shape index (κ3) is 5.31. The van der Waals surface area contributed by atoms with Gasteiger partial charge in [-0.15, -0.1) is 35.3 Å². The third-order valence-electron chi connectivity index (χ3n) is 5.20. The van der Waals surface area contributed by atoms with Crippen molar-refractivity contribution >= 4 is 41.3 Å². The van der Waals surface area contributed by atoms with E-state index < -0.39 is 0 Å². The molecule has 3 atom stereocenters. The molecule has 4 nitrogen and oxygen atoms in total. The largest absolute Gasteiger partial charge is 0.354 e. The molecule has 6 heteroatoms. The van der Waals surface area contributed by atoms with E-state index in [1.54, 1.807) is 11.3 Å². The lowest BCUT2D eigenvalue weighted by molar-refractivity contribution is 0.150. The number of guanidine groups is 1. The van der Waals surface area contributed by atoms with Gasteiger partial charge < -0.3 is 10.6 Å². The number of rotatable bonds is 3. The molecule has 2 N–H and O–H groups in total. The minimum atomic E-state index is 0. The molecule has 0 amide bonds. The Labute approximate surface area is 161 Å². The second-order valence-corrected chi connectivity index (χ2v) is 8.05. The Morgan fingerprint density at radius 3 is 2.74 bits per heavy atom. The topological polar surface area (TPSA) is 49.3 Å². The number of nitrogens with one attached hydrogen (secondary N) is 2. The normalized spacial score (nSPS) is 27.7. The number of hydrogen-bond donors (Lipinski definition) is 2. The molecule has 0 bridgehead atoms. The smallest absolute Gasteiger partial charge is 0.191 e. The van der Waals surface area contributed by atoms with Gasteiger partial charge in [0.2, 0.25) is 0 Å². The number of aryl methyl sites for hydroxylation is 1. The van der Waals surface area contributed by atoms with Crippen LogP contribution in [0.25, 0.3) is 0 Å². The highest BCUT2D eigenvalue weighted by Crippen LogP contribution is 2.40. The van der Waals surface area contributed by atoms with E-state index in [9.17, 15) is 0 Å². The lowest BCUT2D eigenvalue weighted by Crippen LogP contribution is -2.46. The molecule has 2 saturated carbocycles. The van der Waals surface area contributed by atoms with Gasteiger partial charge in [0.05, 0.1) is 11.6 Å². The van der Waals surface area contributed by atoms with Gasteiger partial charge in [-0.3, -0.25) is 4.99 Å². The molecule has 0 radical (unpaired) electrons. The van der Waals surface area contributed by atoms with Crippen LogP contribution in [-0.2, 0) is 6.54 Å². The summed E-state index contributed by atoms with van der Waals surface area (Å²) < 4.78 is 0. The summed E-state index contributed by atoms with van der Waals surface area (Å²) in [5.41, 5.74) is 0. The van der Waals surface area contributed by atoms with Gasteiger partial charge in [0, 0.05) is 24.2 Å². The molecule has 3 unspecified atom stereocenters. The zero-order valence-corrected chi connectivity index (χ0v) is 17.3. The van der Waals surface area contributed by atoms with Crippen molar-refractivity contribution in [2.75, 3.05) is 7.05 Å². The van der Waals surface area contributed by atoms with Gasteiger partial charge in [0.1, 0.15) is 0 Å². The van der Waals surface area contributed by atoms with Gasteiger partial charge in [0.15, 0.2) is 5.96 Å². The Bertz CT molecular complexity index is 516. The number of thiazole rings is 1. The maximum atomic E-state index is 4.39. The molecule has 2 aliphatic carbocycles. The zero-order chi connectivity index (χ0) is 15.4. The van der Waals surface area contributed by atoms with Crippen LogP contribution in [0.4, 0.5) is 0 Å². The number of aromatic nitrogens is 1. The SMILES string of the molecule is CN=C(NCc1cnc(C)s1)NC1CCC2CCCCC2C1.I. The molecule has 0 aliphatic heterocycles. The molecule has 1 aromatic heterocycles. The first kappa shape index (κ1) is 19.0. The monoisotopic (exact) mass is 448 g/mol. The van der Waals surface area contributed by atoms with Crippen molar-refractivity contribution in [3.63, 3.8) is 0 Å². The molecule has 1 aromatic rings. The van der Waals surface area contributed by atoms with Crippen LogP contribution < -0.4 is 10.6 Å². The molecule has 2 aliphatic rings. The number of fused-ring (bicyclic) bond motifs is 1. The van der Waals surface area contributed by atoms with E-state index in [1.165, 1.54) is 49.8 Å². The van der Waals surface area contributed by atoms with Crippen LogP contribution in [0.5, 0.6) is 0 Å². The van der Waals surface area contributed by atoms with Crippen LogP contribution in [-0.4, -0.2) is 24.0 Å². The minimum Gasteiger partial charge on any atom is -0.354 e. The summed E-state index contributed by atoms with van der Waals surface area (Å²) in [7, 11) is 1.86. The highest BCUT2D eigenvalue weighted by molar-refractivity contribution is 14.0. The van der Waals surface area contributed by atoms with Gasteiger partial charge in [-0.2, -0.15) is 0 Å². The summed E-state index contributed by atoms with van der Waals surface area (Å²) >= 11 is 1.74. The van der Waals surface area contributed by atoms with Crippen molar-refractivity contribution in [1.82, 2.24) is 15.6 Å². The lowest BCUT2D eigenvalue weighted by Gasteiger charge is -2.39. The molecule has 1 heterocycles. The van der Waals surface area contributed by atoms with Crippen LogP contribution in [0.2, 0.25) is 0 Å². The number of aliphatic imine (C=N–C) groups is 1. The van der Waals surface area contributed by atoms with Crippen molar-refractivity contribution in [2.45, 2.75) is 64.5 Å². The van der Waals surface area contributed by atoms with Gasteiger partial charge in [-0.25, -0.2) is 4.98 Å². The van der Waals surface area contributed by atoms with Crippen molar-refractivity contribution in [3.8, 4) is 0 Å². The summed E-state index contributed by atoms with van der Waals surface area (Å²) in [6, 6.07) is 0.591. The molecule has 23 heavy (non-hydrogen) atoms. The van der Waals surface area contributed by atoms with E-state index in [-0.39, 0.29) is 24.0 Å². The first-order chi connectivity index (χ1) is 10.7. The van der Waals surface area contributed by atoms with E-state index in [2.05, 4.69) is 20.6 Å². The molecule has 130 valence electrons. The standard InChI is InChI=1S/C17H28N4S.HI/c1-12-19-10-16(22-12)11-20-17(18-2)21-15-8-7-13-5-3-4-6-14(13)9-15;/h10,13-15H,3-9,11H2,1-2H3,(H2,18,20,21);1H.